The fourth-order valence-corrected chi connectivity index (χ4v) is 4.60. The van der Waals surface area contributed by atoms with E-state index in [9.17, 15) is 9.59 Å². The Balaban J connectivity index is 1.22. The van der Waals surface area contributed by atoms with Gasteiger partial charge in [0.1, 0.15) is 12.1 Å². The van der Waals surface area contributed by atoms with Crippen molar-refractivity contribution in [2.45, 2.75) is 18.9 Å². The number of nitrogens with zero attached hydrogens (tertiary/aromatic N) is 4. The number of hydrogen-bond acceptors (Lipinski definition) is 5. The minimum absolute atomic E-state index is 0.179. The fourth-order valence-electron chi connectivity index (χ4n) is 4.60. The van der Waals surface area contributed by atoms with Crippen LogP contribution in [0.4, 0.5) is 0 Å². The summed E-state index contributed by atoms with van der Waals surface area (Å²) in [5.74, 6) is 2.39. The van der Waals surface area contributed by atoms with E-state index in [1.165, 1.54) is 26.2 Å². The van der Waals surface area contributed by atoms with Crippen LogP contribution >= 0.6 is 0 Å². The molecule has 2 aliphatic carbocycles. The zero-order valence-corrected chi connectivity index (χ0v) is 16.0. The van der Waals surface area contributed by atoms with Crippen LogP contribution in [0.5, 0.6) is 0 Å². The Hall–Kier alpha value is -3.74. The molecule has 4 aromatic rings. The number of hydrogen-bond donors (Lipinski definition) is 0. The third kappa shape index (κ3) is 2.66. The van der Waals surface area contributed by atoms with Gasteiger partial charge in [0, 0.05) is 24.4 Å². The van der Waals surface area contributed by atoms with E-state index >= 15 is 0 Å². The summed E-state index contributed by atoms with van der Waals surface area (Å²) in [5, 5.41) is 4.17. The number of pyridine rings is 1. The molecular weight excluding hydrogens is 380 g/mol. The van der Waals surface area contributed by atoms with Crippen molar-refractivity contribution in [3.63, 3.8) is 0 Å². The Morgan fingerprint density at radius 3 is 2.70 bits per heavy atom. The van der Waals surface area contributed by atoms with Crippen molar-refractivity contribution in [1.29, 1.82) is 0 Å². The Bertz CT molecular complexity index is 1410. The molecule has 0 spiro atoms. The van der Waals surface area contributed by atoms with Gasteiger partial charge in [-0.15, -0.1) is 0 Å². The van der Waals surface area contributed by atoms with E-state index < -0.39 is 0 Å². The van der Waals surface area contributed by atoms with Gasteiger partial charge in [0.25, 0.3) is 11.1 Å². The van der Waals surface area contributed by atoms with Crippen molar-refractivity contribution in [3.8, 4) is 0 Å². The second kappa shape index (κ2) is 6.38. The topological polar surface area (TPSA) is 82.4 Å². The highest BCUT2D eigenvalue weighted by Gasteiger charge is 2.55. The van der Waals surface area contributed by atoms with Crippen molar-refractivity contribution in [3.05, 3.63) is 105 Å². The van der Waals surface area contributed by atoms with Crippen molar-refractivity contribution < 1.29 is 4.52 Å². The van der Waals surface area contributed by atoms with Gasteiger partial charge in [-0.1, -0.05) is 47.6 Å². The second-order valence-corrected chi connectivity index (χ2v) is 7.93. The number of allylic oxidation sites excluding steroid dienone is 2. The molecule has 0 N–H and O–H groups in total. The standard InChI is InChI=1S/C23H18N4O3/c28-20-8-4-7-18-23(29)26(9-10-27(18)20)13-19-24-22(25-30-19)21-16-11-15(12-17(16)21)14-5-2-1-3-6-14/h1-11,16-17,21H,12-13H2. The maximum atomic E-state index is 12.7. The zero-order chi connectivity index (χ0) is 20.2. The summed E-state index contributed by atoms with van der Waals surface area (Å²) in [7, 11) is 0. The van der Waals surface area contributed by atoms with Crippen LogP contribution in [0.15, 0.2) is 81.1 Å². The molecule has 7 nitrogen and oxygen atoms in total. The number of rotatable bonds is 4. The molecule has 3 atom stereocenters. The van der Waals surface area contributed by atoms with Gasteiger partial charge < -0.3 is 9.09 Å². The van der Waals surface area contributed by atoms with Crippen molar-refractivity contribution in [2.24, 2.45) is 11.8 Å². The van der Waals surface area contributed by atoms with E-state index in [0.29, 0.717) is 35.0 Å². The predicted octanol–water partition coefficient (Wildman–Crippen LogP) is 2.71. The lowest BCUT2D eigenvalue weighted by Crippen LogP contribution is -2.26. The first-order chi connectivity index (χ1) is 14.7. The first-order valence-electron chi connectivity index (χ1n) is 9.98. The fraction of sp³-hybridized carbons (Fsp3) is 0.217. The summed E-state index contributed by atoms with van der Waals surface area (Å²) in [4.78, 5) is 29.1. The summed E-state index contributed by atoms with van der Waals surface area (Å²) in [5.41, 5.74) is 2.49. The third-order valence-electron chi connectivity index (χ3n) is 6.18. The van der Waals surface area contributed by atoms with Gasteiger partial charge in [-0.3, -0.25) is 14.0 Å². The highest BCUT2D eigenvalue weighted by atomic mass is 16.5. The van der Waals surface area contributed by atoms with Gasteiger partial charge in [-0.05, 0) is 35.5 Å². The normalized spacial score (nSPS) is 22.1. The van der Waals surface area contributed by atoms with Gasteiger partial charge in [-0.2, -0.15) is 4.98 Å². The molecule has 3 heterocycles. The first-order valence-corrected chi connectivity index (χ1v) is 9.98. The van der Waals surface area contributed by atoms with Crippen LogP contribution in [-0.4, -0.2) is 19.1 Å². The number of benzene rings is 1. The zero-order valence-electron chi connectivity index (χ0n) is 16.0. The highest BCUT2D eigenvalue weighted by Crippen LogP contribution is 2.62. The number of aromatic nitrogens is 4. The molecular formula is C23H18N4O3. The predicted molar refractivity (Wildman–Crippen MR) is 110 cm³/mol. The molecule has 0 aliphatic heterocycles. The lowest BCUT2D eigenvalue weighted by molar-refractivity contribution is 0.364. The van der Waals surface area contributed by atoms with E-state index in [4.69, 9.17) is 4.52 Å². The lowest BCUT2D eigenvalue weighted by Gasteiger charge is -2.05. The van der Waals surface area contributed by atoms with Crippen molar-refractivity contribution in [2.75, 3.05) is 0 Å². The molecule has 3 unspecified atom stereocenters. The van der Waals surface area contributed by atoms with E-state index in [1.807, 2.05) is 6.07 Å². The van der Waals surface area contributed by atoms with E-state index in [2.05, 4.69) is 40.5 Å². The third-order valence-corrected chi connectivity index (χ3v) is 6.18. The molecule has 7 heteroatoms. The van der Waals surface area contributed by atoms with E-state index in [1.54, 1.807) is 24.5 Å². The second-order valence-electron chi connectivity index (χ2n) is 7.93. The first kappa shape index (κ1) is 17.1. The van der Waals surface area contributed by atoms with Crippen LogP contribution in [0, 0.1) is 11.8 Å². The lowest BCUT2D eigenvalue weighted by atomic mass is 10.0. The van der Waals surface area contributed by atoms with Crippen LogP contribution in [0.25, 0.3) is 11.1 Å². The molecule has 2 aliphatic rings. The average Bonchev–Trinajstić information content (AvgIpc) is 3.10. The minimum Gasteiger partial charge on any atom is -0.337 e. The summed E-state index contributed by atoms with van der Waals surface area (Å²) < 4.78 is 8.24. The van der Waals surface area contributed by atoms with E-state index in [-0.39, 0.29) is 17.7 Å². The van der Waals surface area contributed by atoms with Crippen LogP contribution in [0.3, 0.4) is 0 Å². The largest absolute Gasteiger partial charge is 0.337 e. The average molecular weight is 398 g/mol. The molecule has 0 amide bonds. The van der Waals surface area contributed by atoms with Crippen LogP contribution in [0.1, 0.15) is 29.6 Å². The summed E-state index contributed by atoms with van der Waals surface area (Å²) in [6.45, 7) is 0.179. The summed E-state index contributed by atoms with van der Waals surface area (Å²) in [6.07, 6.45) is 6.52. The van der Waals surface area contributed by atoms with Gasteiger partial charge in [0.2, 0.25) is 5.89 Å². The van der Waals surface area contributed by atoms with Gasteiger partial charge in [0.15, 0.2) is 5.82 Å². The molecule has 30 heavy (non-hydrogen) atoms. The molecule has 148 valence electrons. The molecule has 1 fully saturated rings. The van der Waals surface area contributed by atoms with Crippen LogP contribution in [-0.2, 0) is 6.54 Å². The van der Waals surface area contributed by atoms with Gasteiger partial charge >= 0.3 is 0 Å². The van der Waals surface area contributed by atoms with Gasteiger partial charge in [0.05, 0.1) is 0 Å². The van der Waals surface area contributed by atoms with Crippen molar-refractivity contribution >= 4 is 11.1 Å². The maximum Gasteiger partial charge on any atom is 0.275 e. The molecule has 0 bridgehead atoms. The quantitative estimate of drug-likeness (QED) is 0.528. The van der Waals surface area contributed by atoms with Crippen LogP contribution in [0.2, 0.25) is 0 Å². The van der Waals surface area contributed by atoms with Crippen LogP contribution < -0.4 is 11.1 Å². The Labute approximate surface area is 170 Å². The van der Waals surface area contributed by atoms with Crippen molar-refractivity contribution in [1.82, 2.24) is 19.1 Å². The molecule has 1 saturated carbocycles. The summed E-state index contributed by atoms with van der Waals surface area (Å²) in [6, 6.07) is 15.1. The Morgan fingerprint density at radius 1 is 1.03 bits per heavy atom. The summed E-state index contributed by atoms with van der Waals surface area (Å²) >= 11 is 0. The highest BCUT2D eigenvalue weighted by molar-refractivity contribution is 5.70. The molecule has 0 radical (unpaired) electrons. The molecule has 0 saturated heterocycles. The SMILES string of the molecule is O=c1c2cccc(=O)n2ccn1Cc1nc(C2C3C=C(c4ccccc4)CC32)no1. The smallest absolute Gasteiger partial charge is 0.275 e. The Kier molecular flexibility index (Phi) is 3.65. The number of fused-ring (bicyclic) bond motifs is 2. The molecule has 1 aromatic carbocycles. The minimum atomic E-state index is -0.270. The Morgan fingerprint density at radius 2 is 1.90 bits per heavy atom. The van der Waals surface area contributed by atoms with Gasteiger partial charge in [-0.25, -0.2) is 0 Å². The monoisotopic (exact) mass is 398 g/mol. The molecule has 6 rings (SSSR count). The maximum absolute atomic E-state index is 12.7. The van der Waals surface area contributed by atoms with E-state index in [0.717, 1.165) is 6.42 Å². The molecule has 3 aromatic heterocycles.